The van der Waals surface area contributed by atoms with Crippen LogP contribution in [0.5, 0.6) is 0 Å². The summed E-state index contributed by atoms with van der Waals surface area (Å²) >= 11 is 10.8. The Balaban J connectivity index is 2.04. The van der Waals surface area contributed by atoms with E-state index >= 15 is 0 Å². The summed E-state index contributed by atoms with van der Waals surface area (Å²) in [6.45, 7) is 3.80. The molecule has 2 N–H and O–H groups in total. The van der Waals surface area contributed by atoms with Crippen molar-refractivity contribution in [1.29, 1.82) is 0 Å². The van der Waals surface area contributed by atoms with E-state index in [2.05, 4.69) is 22.2 Å². The molecule has 2 rings (SSSR count). The van der Waals surface area contributed by atoms with Crippen molar-refractivity contribution in [2.75, 3.05) is 5.32 Å². The van der Waals surface area contributed by atoms with Gasteiger partial charge in [-0.05, 0) is 42.5 Å². The number of hydrogen-bond acceptors (Lipinski definition) is 2. The first-order valence-corrected chi connectivity index (χ1v) is 7.10. The Morgan fingerprint density at radius 1 is 1.22 bits per heavy atom. The minimum Gasteiger partial charge on any atom is -0.332 e. The molecule has 0 saturated carbocycles. The monoisotopic (exact) mass is 357 g/mol. The van der Waals surface area contributed by atoms with Crippen molar-refractivity contribution >= 4 is 40.3 Å². The number of halogens is 4. The van der Waals surface area contributed by atoms with Crippen molar-refractivity contribution in [3.05, 3.63) is 65.5 Å². The highest BCUT2D eigenvalue weighted by atomic mass is 35.5. The average Bonchev–Trinajstić information content (AvgIpc) is 2.46. The maximum absolute atomic E-state index is 12.7. The molecule has 2 aromatic rings. The topological polar surface area (TPSA) is 37.0 Å². The van der Waals surface area contributed by atoms with Crippen LogP contribution in [0.1, 0.15) is 11.1 Å². The summed E-state index contributed by atoms with van der Waals surface area (Å²) in [5.41, 5.74) is 0.569. The van der Waals surface area contributed by atoms with Crippen LogP contribution in [0.2, 0.25) is 5.15 Å². The van der Waals surface area contributed by atoms with E-state index in [9.17, 15) is 13.2 Å². The summed E-state index contributed by atoms with van der Waals surface area (Å²) in [6, 6.07) is 8.00. The third-order valence-electron chi connectivity index (χ3n) is 2.79. The van der Waals surface area contributed by atoms with Crippen LogP contribution >= 0.6 is 23.8 Å². The van der Waals surface area contributed by atoms with E-state index in [1.54, 1.807) is 12.1 Å². The molecule has 0 bridgehead atoms. The van der Waals surface area contributed by atoms with E-state index in [0.29, 0.717) is 16.4 Å². The van der Waals surface area contributed by atoms with Crippen LogP contribution < -0.4 is 10.6 Å². The van der Waals surface area contributed by atoms with Crippen molar-refractivity contribution in [3.8, 4) is 0 Å². The van der Waals surface area contributed by atoms with Crippen LogP contribution in [0.15, 0.2) is 49.2 Å². The molecular formula is C15H11ClF3N3S. The number of alkyl halides is 3. The zero-order valence-corrected chi connectivity index (χ0v) is 13.2. The second kappa shape index (κ2) is 6.97. The number of nitrogens with one attached hydrogen (secondary N) is 2. The van der Waals surface area contributed by atoms with Gasteiger partial charge in [0.05, 0.1) is 5.56 Å². The Kier molecular flexibility index (Phi) is 5.23. The van der Waals surface area contributed by atoms with Gasteiger partial charge in [0, 0.05) is 23.1 Å². The largest absolute Gasteiger partial charge is 0.416 e. The maximum atomic E-state index is 12.7. The van der Waals surface area contributed by atoms with Crippen molar-refractivity contribution in [1.82, 2.24) is 10.3 Å². The molecule has 0 aliphatic heterocycles. The number of rotatable bonds is 3. The molecule has 0 unspecified atom stereocenters. The molecule has 0 aliphatic rings. The SMILES string of the molecule is C=C(NC(=S)Nc1cccc(C(F)(F)F)c1)c1ccnc(Cl)c1. The number of thiocarbonyl (C=S) groups is 1. The molecule has 1 heterocycles. The molecule has 0 amide bonds. The quantitative estimate of drug-likeness (QED) is 0.616. The smallest absolute Gasteiger partial charge is 0.332 e. The van der Waals surface area contributed by atoms with E-state index in [1.807, 2.05) is 0 Å². The summed E-state index contributed by atoms with van der Waals surface area (Å²) in [5.74, 6) is 0. The number of anilines is 1. The molecule has 3 nitrogen and oxygen atoms in total. The summed E-state index contributed by atoms with van der Waals surface area (Å²) in [5, 5.41) is 5.88. The molecule has 120 valence electrons. The van der Waals surface area contributed by atoms with Gasteiger partial charge in [0.25, 0.3) is 0 Å². The van der Waals surface area contributed by atoms with Crippen LogP contribution in [0.4, 0.5) is 18.9 Å². The fourth-order valence-electron chi connectivity index (χ4n) is 1.74. The van der Waals surface area contributed by atoms with Crippen molar-refractivity contribution in [3.63, 3.8) is 0 Å². The van der Waals surface area contributed by atoms with E-state index in [-0.39, 0.29) is 10.8 Å². The average molecular weight is 358 g/mol. The molecule has 0 saturated heterocycles. The maximum Gasteiger partial charge on any atom is 0.416 e. The summed E-state index contributed by atoms with van der Waals surface area (Å²) in [4.78, 5) is 3.84. The zero-order chi connectivity index (χ0) is 17.0. The number of aromatic nitrogens is 1. The van der Waals surface area contributed by atoms with E-state index in [0.717, 1.165) is 12.1 Å². The molecule has 0 spiro atoms. The Labute approximate surface area is 141 Å². The second-order valence-electron chi connectivity index (χ2n) is 4.50. The first kappa shape index (κ1) is 17.2. The summed E-state index contributed by atoms with van der Waals surface area (Å²) in [6.07, 6.45) is -2.90. The molecule has 1 aromatic carbocycles. The van der Waals surface area contributed by atoms with Crippen LogP contribution in [0.3, 0.4) is 0 Å². The van der Waals surface area contributed by atoms with Crippen LogP contribution in [0, 0.1) is 0 Å². The zero-order valence-electron chi connectivity index (χ0n) is 11.6. The van der Waals surface area contributed by atoms with E-state index in [1.165, 1.54) is 18.3 Å². The molecule has 1 aromatic heterocycles. The Morgan fingerprint density at radius 2 is 1.96 bits per heavy atom. The lowest BCUT2D eigenvalue weighted by atomic mass is 10.2. The van der Waals surface area contributed by atoms with Crippen molar-refractivity contribution in [2.45, 2.75) is 6.18 Å². The van der Waals surface area contributed by atoms with Crippen molar-refractivity contribution in [2.24, 2.45) is 0 Å². The first-order chi connectivity index (χ1) is 10.8. The van der Waals surface area contributed by atoms with Gasteiger partial charge in [0.15, 0.2) is 5.11 Å². The van der Waals surface area contributed by atoms with Gasteiger partial charge < -0.3 is 10.6 Å². The lowest BCUT2D eigenvalue weighted by molar-refractivity contribution is -0.137. The highest BCUT2D eigenvalue weighted by Crippen LogP contribution is 2.30. The Bertz CT molecular complexity index is 747. The first-order valence-electron chi connectivity index (χ1n) is 6.32. The number of benzene rings is 1. The van der Waals surface area contributed by atoms with Gasteiger partial charge >= 0.3 is 6.18 Å². The third kappa shape index (κ3) is 4.94. The summed E-state index contributed by atoms with van der Waals surface area (Å²) < 4.78 is 38.0. The standard InChI is InChI=1S/C15H11ClF3N3S/c1-9(10-5-6-20-13(16)7-10)21-14(23)22-12-4-2-3-11(8-12)15(17,18)19/h2-8H,1H2,(H2,21,22,23). The third-order valence-corrected chi connectivity index (χ3v) is 3.20. The molecule has 0 aliphatic carbocycles. The second-order valence-corrected chi connectivity index (χ2v) is 5.30. The number of nitrogens with zero attached hydrogens (tertiary/aromatic N) is 1. The van der Waals surface area contributed by atoms with E-state index in [4.69, 9.17) is 23.8 Å². The Hall–Kier alpha value is -2.12. The molecular weight excluding hydrogens is 347 g/mol. The molecule has 0 atom stereocenters. The lowest BCUT2D eigenvalue weighted by Gasteiger charge is -2.14. The minimum absolute atomic E-state index is 0.113. The molecule has 0 radical (unpaired) electrons. The molecule has 8 heteroatoms. The van der Waals surface area contributed by atoms with Crippen LogP contribution in [-0.2, 0) is 6.18 Å². The number of hydrogen-bond donors (Lipinski definition) is 2. The molecule has 0 fully saturated rings. The van der Waals surface area contributed by atoms with Gasteiger partial charge in [-0.3, -0.25) is 0 Å². The highest BCUT2D eigenvalue weighted by Gasteiger charge is 2.30. The van der Waals surface area contributed by atoms with Gasteiger partial charge in [-0.15, -0.1) is 0 Å². The normalized spacial score (nSPS) is 11.0. The fraction of sp³-hybridized carbons (Fsp3) is 0.0667. The molecule has 23 heavy (non-hydrogen) atoms. The Morgan fingerprint density at radius 3 is 2.61 bits per heavy atom. The predicted molar refractivity (Wildman–Crippen MR) is 89.1 cm³/mol. The fourth-order valence-corrected chi connectivity index (χ4v) is 2.15. The van der Waals surface area contributed by atoms with Gasteiger partial charge in [-0.2, -0.15) is 13.2 Å². The lowest BCUT2D eigenvalue weighted by Crippen LogP contribution is -2.26. The van der Waals surface area contributed by atoms with Crippen LogP contribution in [-0.4, -0.2) is 10.1 Å². The van der Waals surface area contributed by atoms with Crippen molar-refractivity contribution < 1.29 is 13.2 Å². The van der Waals surface area contributed by atoms with Gasteiger partial charge in [-0.25, -0.2) is 4.98 Å². The number of pyridine rings is 1. The van der Waals surface area contributed by atoms with Gasteiger partial charge in [0.2, 0.25) is 0 Å². The predicted octanol–water partition coefficient (Wildman–Crippen LogP) is 4.71. The van der Waals surface area contributed by atoms with E-state index < -0.39 is 11.7 Å². The van der Waals surface area contributed by atoms with Gasteiger partial charge in [-0.1, -0.05) is 24.2 Å². The van der Waals surface area contributed by atoms with Crippen LogP contribution in [0.25, 0.3) is 5.70 Å². The van der Waals surface area contributed by atoms with Gasteiger partial charge in [0.1, 0.15) is 5.15 Å². The minimum atomic E-state index is -4.41. The highest BCUT2D eigenvalue weighted by molar-refractivity contribution is 7.80. The summed E-state index contributed by atoms with van der Waals surface area (Å²) in [7, 11) is 0.